The number of carbonyl (C=O) groups excluding carboxylic acids is 2. The van der Waals surface area contributed by atoms with Crippen LogP contribution in [0.15, 0.2) is 36.4 Å². The van der Waals surface area contributed by atoms with E-state index in [1.165, 1.54) is 24.3 Å². The summed E-state index contributed by atoms with van der Waals surface area (Å²) < 4.78 is 22.3. The Labute approximate surface area is 198 Å². The average Bonchev–Trinajstić information content (AvgIpc) is 2.79. The highest BCUT2D eigenvalue weighted by atomic mass is 16.7. The van der Waals surface area contributed by atoms with Crippen LogP contribution in [0.25, 0.3) is 0 Å². The van der Waals surface area contributed by atoms with E-state index in [1.807, 2.05) is 0 Å². The number of hydrogen-bond donors (Lipinski definition) is 6. The van der Waals surface area contributed by atoms with E-state index in [1.54, 1.807) is 0 Å². The lowest BCUT2D eigenvalue weighted by Crippen LogP contribution is -2.61. The van der Waals surface area contributed by atoms with Crippen LogP contribution in [0.4, 0.5) is 0 Å². The topological polar surface area (TPSA) is 192 Å². The standard InChI is InChI=1S/C23H24O12/c1-9(25)32-22-19(31)17(29)15(8-24)34-23(22)35-21-18(30)16-13(28)6-12(27)7-14(16)33-20(21)10-2-4-11(26)5-3-10/h2-7,15,17,19-24,26-29,31H,8H2,1H3. The van der Waals surface area contributed by atoms with Gasteiger partial charge in [-0.3, -0.25) is 9.59 Å². The van der Waals surface area contributed by atoms with E-state index in [9.17, 15) is 40.2 Å². The van der Waals surface area contributed by atoms with Gasteiger partial charge >= 0.3 is 5.97 Å². The van der Waals surface area contributed by atoms with Gasteiger partial charge in [0.25, 0.3) is 0 Å². The van der Waals surface area contributed by atoms with Gasteiger partial charge in [-0.1, -0.05) is 12.1 Å². The van der Waals surface area contributed by atoms with Gasteiger partial charge in [-0.25, -0.2) is 0 Å². The van der Waals surface area contributed by atoms with Crippen LogP contribution >= 0.6 is 0 Å². The Bertz CT molecular complexity index is 1100. The first-order valence-corrected chi connectivity index (χ1v) is 10.6. The van der Waals surface area contributed by atoms with Crippen molar-refractivity contribution in [1.29, 1.82) is 0 Å². The van der Waals surface area contributed by atoms with E-state index in [4.69, 9.17) is 18.9 Å². The molecule has 35 heavy (non-hydrogen) atoms. The number of ether oxygens (including phenoxy) is 4. The molecule has 0 radical (unpaired) electrons. The average molecular weight is 492 g/mol. The van der Waals surface area contributed by atoms with Crippen LogP contribution in [0.1, 0.15) is 28.9 Å². The molecule has 7 unspecified atom stereocenters. The quantitative estimate of drug-likeness (QED) is 0.304. The molecule has 0 aliphatic carbocycles. The minimum absolute atomic E-state index is 0.0579. The second-order valence-electron chi connectivity index (χ2n) is 8.17. The number of aliphatic hydroxyl groups excluding tert-OH is 3. The van der Waals surface area contributed by atoms with Gasteiger partial charge < -0.3 is 49.6 Å². The van der Waals surface area contributed by atoms with Crippen molar-refractivity contribution in [2.45, 2.75) is 49.8 Å². The van der Waals surface area contributed by atoms with Crippen molar-refractivity contribution >= 4 is 11.8 Å². The highest BCUT2D eigenvalue weighted by Crippen LogP contribution is 2.43. The predicted molar refractivity (Wildman–Crippen MR) is 114 cm³/mol. The highest BCUT2D eigenvalue weighted by Gasteiger charge is 2.51. The van der Waals surface area contributed by atoms with Crippen LogP contribution in [0.3, 0.4) is 0 Å². The van der Waals surface area contributed by atoms with Crippen LogP contribution in [0.2, 0.25) is 0 Å². The van der Waals surface area contributed by atoms with Crippen LogP contribution < -0.4 is 4.74 Å². The zero-order valence-corrected chi connectivity index (χ0v) is 18.3. The highest BCUT2D eigenvalue weighted by molar-refractivity contribution is 6.05. The van der Waals surface area contributed by atoms with Gasteiger partial charge in [0.1, 0.15) is 46.9 Å². The number of aromatic hydroxyl groups is 3. The molecule has 12 heteroatoms. The van der Waals surface area contributed by atoms with Crippen LogP contribution in [0.5, 0.6) is 23.0 Å². The Morgan fingerprint density at radius 3 is 2.34 bits per heavy atom. The Morgan fingerprint density at radius 2 is 1.71 bits per heavy atom. The van der Waals surface area contributed by atoms with Crippen LogP contribution in [0, 0.1) is 0 Å². The second-order valence-corrected chi connectivity index (χ2v) is 8.17. The number of carbonyl (C=O) groups is 2. The lowest BCUT2D eigenvalue weighted by Gasteiger charge is -2.43. The molecule has 0 spiro atoms. The van der Waals surface area contributed by atoms with Crippen molar-refractivity contribution in [3.05, 3.63) is 47.5 Å². The molecule has 12 nitrogen and oxygen atoms in total. The Kier molecular flexibility index (Phi) is 6.83. The molecule has 0 saturated carbocycles. The fraction of sp³-hybridized carbons (Fsp3) is 0.391. The van der Waals surface area contributed by atoms with Crippen LogP contribution in [-0.2, 0) is 19.0 Å². The van der Waals surface area contributed by atoms with Gasteiger partial charge in [-0.2, -0.15) is 0 Å². The van der Waals surface area contributed by atoms with E-state index >= 15 is 0 Å². The molecule has 2 aliphatic heterocycles. The van der Waals surface area contributed by atoms with E-state index < -0.39 is 67.0 Å². The zero-order valence-electron chi connectivity index (χ0n) is 18.3. The SMILES string of the molecule is CC(=O)OC1C(OC2C(=O)c3c(O)cc(O)cc3OC2c2ccc(O)cc2)OC(CO)C(O)C1O. The summed E-state index contributed by atoms with van der Waals surface area (Å²) in [5.41, 5.74) is 0.0655. The Balaban J connectivity index is 1.75. The fourth-order valence-corrected chi connectivity index (χ4v) is 4.07. The van der Waals surface area contributed by atoms with E-state index in [-0.39, 0.29) is 22.8 Å². The van der Waals surface area contributed by atoms with Crippen LogP contribution in [-0.4, -0.2) is 85.8 Å². The molecule has 188 valence electrons. The first-order chi connectivity index (χ1) is 16.6. The molecule has 0 amide bonds. The van der Waals surface area contributed by atoms with Gasteiger partial charge in [0.2, 0.25) is 5.78 Å². The molecule has 4 rings (SSSR count). The van der Waals surface area contributed by atoms with Gasteiger partial charge in [-0.05, 0) is 17.7 Å². The maximum absolute atomic E-state index is 13.5. The molecule has 6 N–H and O–H groups in total. The van der Waals surface area contributed by atoms with Crippen molar-refractivity contribution in [3.63, 3.8) is 0 Å². The van der Waals surface area contributed by atoms with Gasteiger partial charge in [0, 0.05) is 19.1 Å². The minimum atomic E-state index is -1.72. The first kappa shape index (κ1) is 24.7. The largest absolute Gasteiger partial charge is 0.508 e. The van der Waals surface area contributed by atoms with Crippen molar-refractivity contribution in [2.24, 2.45) is 0 Å². The van der Waals surface area contributed by atoms with Crippen molar-refractivity contribution in [3.8, 4) is 23.0 Å². The number of ketones is 1. The fourth-order valence-electron chi connectivity index (χ4n) is 4.07. The normalized spacial score (nSPS) is 30.3. The number of esters is 1. The number of Topliss-reactive ketones (excluding diaryl/α,β-unsaturated/α-hetero) is 1. The summed E-state index contributed by atoms with van der Waals surface area (Å²) in [7, 11) is 0. The van der Waals surface area contributed by atoms with Gasteiger partial charge in [-0.15, -0.1) is 0 Å². The summed E-state index contributed by atoms with van der Waals surface area (Å²) in [6.45, 7) is 0.341. The lowest BCUT2D eigenvalue weighted by atomic mass is 9.92. The smallest absolute Gasteiger partial charge is 0.303 e. The van der Waals surface area contributed by atoms with E-state index in [0.29, 0.717) is 5.56 Å². The second kappa shape index (κ2) is 9.68. The molecule has 2 heterocycles. The van der Waals surface area contributed by atoms with Crippen molar-refractivity contribution in [2.75, 3.05) is 6.61 Å². The molecule has 7 atom stereocenters. The van der Waals surface area contributed by atoms with E-state index in [2.05, 4.69) is 0 Å². The third-order valence-corrected chi connectivity index (χ3v) is 5.73. The predicted octanol–water partition coefficient (Wildman–Crippen LogP) is -0.124. The third-order valence-electron chi connectivity index (χ3n) is 5.73. The summed E-state index contributed by atoms with van der Waals surface area (Å²) >= 11 is 0. The number of benzene rings is 2. The summed E-state index contributed by atoms with van der Waals surface area (Å²) in [5, 5.41) is 60.0. The summed E-state index contributed by atoms with van der Waals surface area (Å²) in [4.78, 5) is 25.1. The zero-order chi connectivity index (χ0) is 25.4. The summed E-state index contributed by atoms with van der Waals surface area (Å²) in [6, 6.07) is 7.68. The monoisotopic (exact) mass is 492 g/mol. The van der Waals surface area contributed by atoms with E-state index in [0.717, 1.165) is 19.1 Å². The molecule has 1 saturated heterocycles. The maximum atomic E-state index is 13.5. The molecule has 2 aromatic rings. The van der Waals surface area contributed by atoms with Crippen molar-refractivity contribution in [1.82, 2.24) is 0 Å². The number of aliphatic hydroxyl groups is 3. The number of fused-ring (bicyclic) bond motifs is 1. The van der Waals surface area contributed by atoms with Gasteiger partial charge in [0.15, 0.2) is 24.6 Å². The molecule has 0 aromatic heterocycles. The number of hydrogen-bond acceptors (Lipinski definition) is 12. The number of phenols is 3. The molecule has 0 bridgehead atoms. The van der Waals surface area contributed by atoms with Gasteiger partial charge in [0.05, 0.1) is 6.61 Å². The molecular weight excluding hydrogens is 468 g/mol. The minimum Gasteiger partial charge on any atom is -0.508 e. The molecule has 1 fully saturated rings. The lowest BCUT2D eigenvalue weighted by molar-refractivity contribution is -0.314. The number of rotatable bonds is 5. The van der Waals surface area contributed by atoms with Crippen molar-refractivity contribution < 1.29 is 59.2 Å². The molecular formula is C23H24O12. The Hall–Kier alpha value is -3.42. The molecule has 2 aliphatic rings. The third kappa shape index (κ3) is 4.74. The summed E-state index contributed by atoms with van der Waals surface area (Å²) in [6.07, 6.45) is -10.6. The summed E-state index contributed by atoms with van der Waals surface area (Å²) in [5.74, 6) is -2.74. The first-order valence-electron chi connectivity index (χ1n) is 10.6. The number of phenolic OH excluding ortho intramolecular Hbond substituents is 3. The Morgan fingerprint density at radius 1 is 1.03 bits per heavy atom. The maximum Gasteiger partial charge on any atom is 0.303 e. The molecule has 2 aromatic carbocycles.